The van der Waals surface area contributed by atoms with Gasteiger partial charge in [-0.15, -0.1) is 0 Å². The van der Waals surface area contributed by atoms with Crippen LogP contribution in [-0.2, 0) is 16.0 Å². The monoisotopic (exact) mass is 271 g/mol. The molecule has 0 fully saturated rings. The van der Waals surface area contributed by atoms with Crippen molar-refractivity contribution in [1.29, 1.82) is 0 Å². The van der Waals surface area contributed by atoms with E-state index in [-0.39, 0.29) is 6.04 Å². The molecule has 0 aliphatic rings. The van der Waals surface area contributed by atoms with Crippen LogP contribution in [0.5, 0.6) is 5.75 Å². The molecule has 2 N–H and O–H groups in total. The van der Waals surface area contributed by atoms with E-state index in [2.05, 4.69) is 12.0 Å². The van der Waals surface area contributed by atoms with Crippen LogP contribution in [0.1, 0.15) is 31.5 Å². The Kier molecular flexibility index (Phi) is 7.47. The summed E-state index contributed by atoms with van der Waals surface area (Å²) in [5, 5.41) is 4.31. The molecule has 0 amide bonds. The van der Waals surface area contributed by atoms with Gasteiger partial charge in [0.05, 0.1) is 38.3 Å². The average molecular weight is 271 g/mol. The van der Waals surface area contributed by atoms with Crippen molar-refractivity contribution >= 4 is 0 Å². The minimum atomic E-state index is -0.133. The number of nitrogens with two attached hydrogens (primary N) is 1. The van der Waals surface area contributed by atoms with Gasteiger partial charge in [0.25, 0.3) is 0 Å². The van der Waals surface area contributed by atoms with Crippen LogP contribution in [0.2, 0.25) is 0 Å². The van der Waals surface area contributed by atoms with Crippen molar-refractivity contribution in [2.24, 2.45) is 5.73 Å². The quantitative estimate of drug-likeness (QED) is 0.650. The van der Waals surface area contributed by atoms with Gasteiger partial charge in [0.2, 0.25) is 0 Å². The second-order valence-corrected chi connectivity index (χ2v) is 4.32. The maximum atomic E-state index is 6.21. The average Bonchev–Trinajstić information content (AvgIpc) is 2.81. The maximum Gasteiger partial charge on any atom is 0.161 e. The van der Waals surface area contributed by atoms with Crippen LogP contribution in [0, 0.1) is 0 Å². The molecule has 0 aromatic carbocycles. The third-order valence-electron chi connectivity index (χ3n) is 2.86. The summed E-state index contributed by atoms with van der Waals surface area (Å²) in [7, 11) is 3.29. The minimum absolute atomic E-state index is 0.133. The summed E-state index contributed by atoms with van der Waals surface area (Å²) in [5.41, 5.74) is 7.15. The molecule has 1 heterocycles. The van der Waals surface area contributed by atoms with Crippen LogP contribution < -0.4 is 10.5 Å². The van der Waals surface area contributed by atoms with Gasteiger partial charge >= 0.3 is 0 Å². The molecule has 1 aromatic heterocycles. The molecule has 0 aliphatic heterocycles. The van der Waals surface area contributed by atoms with Crippen molar-refractivity contribution in [2.75, 3.05) is 34.0 Å². The Labute approximate surface area is 114 Å². The summed E-state index contributed by atoms with van der Waals surface area (Å²) in [4.78, 5) is 0. The lowest BCUT2D eigenvalue weighted by atomic mass is 10.1. The van der Waals surface area contributed by atoms with Gasteiger partial charge in [0, 0.05) is 20.3 Å². The van der Waals surface area contributed by atoms with E-state index >= 15 is 0 Å². The van der Waals surface area contributed by atoms with Crippen LogP contribution in [-0.4, -0.2) is 43.8 Å². The largest absolute Gasteiger partial charge is 0.493 e. The van der Waals surface area contributed by atoms with Crippen molar-refractivity contribution in [3.63, 3.8) is 0 Å². The number of nitrogens with zero attached hydrogens (tertiary/aromatic N) is 2. The summed E-state index contributed by atoms with van der Waals surface area (Å²) in [6.45, 7) is 4.75. The third kappa shape index (κ3) is 4.81. The number of aromatic nitrogens is 2. The molecule has 0 aliphatic carbocycles. The highest BCUT2D eigenvalue weighted by atomic mass is 16.5. The molecule has 0 bridgehead atoms. The molecule has 19 heavy (non-hydrogen) atoms. The smallest absolute Gasteiger partial charge is 0.161 e. The fourth-order valence-electron chi connectivity index (χ4n) is 1.89. The first-order chi connectivity index (χ1) is 9.24. The van der Waals surface area contributed by atoms with Gasteiger partial charge in [-0.1, -0.05) is 6.92 Å². The van der Waals surface area contributed by atoms with E-state index in [0.717, 1.165) is 30.8 Å². The van der Waals surface area contributed by atoms with Gasteiger partial charge in [0.1, 0.15) is 0 Å². The lowest BCUT2D eigenvalue weighted by Gasteiger charge is -2.15. The Hall–Kier alpha value is -1.11. The molecular formula is C13H25N3O3. The molecule has 1 atom stereocenters. The van der Waals surface area contributed by atoms with Gasteiger partial charge in [0.15, 0.2) is 5.75 Å². The Morgan fingerprint density at radius 3 is 2.74 bits per heavy atom. The van der Waals surface area contributed by atoms with E-state index in [0.29, 0.717) is 19.8 Å². The Morgan fingerprint density at radius 2 is 2.11 bits per heavy atom. The first kappa shape index (κ1) is 15.9. The molecule has 6 nitrogen and oxygen atoms in total. The third-order valence-corrected chi connectivity index (χ3v) is 2.86. The highest BCUT2D eigenvalue weighted by Gasteiger charge is 2.18. The van der Waals surface area contributed by atoms with Crippen LogP contribution in [0.4, 0.5) is 0 Å². The highest BCUT2D eigenvalue weighted by Crippen LogP contribution is 2.25. The summed E-state index contributed by atoms with van der Waals surface area (Å²) >= 11 is 0. The highest BCUT2D eigenvalue weighted by molar-refractivity contribution is 5.28. The fourth-order valence-corrected chi connectivity index (χ4v) is 1.89. The number of rotatable bonds is 10. The van der Waals surface area contributed by atoms with E-state index in [4.69, 9.17) is 19.9 Å². The van der Waals surface area contributed by atoms with Gasteiger partial charge in [-0.25, -0.2) is 0 Å². The van der Waals surface area contributed by atoms with Gasteiger partial charge in [-0.2, -0.15) is 5.10 Å². The maximum absolute atomic E-state index is 6.21. The van der Waals surface area contributed by atoms with E-state index in [9.17, 15) is 0 Å². The second kappa shape index (κ2) is 8.90. The van der Waals surface area contributed by atoms with Crippen LogP contribution in [0.15, 0.2) is 6.20 Å². The molecule has 0 saturated heterocycles. The van der Waals surface area contributed by atoms with E-state index in [1.165, 1.54) is 0 Å². The summed E-state index contributed by atoms with van der Waals surface area (Å²) in [6, 6.07) is -0.133. The predicted molar refractivity (Wildman–Crippen MR) is 73.3 cm³/mol. The van der Waals surface area contributed by atoms with Gasteiger partial charge in [-0.05, 0) is 12.8 Å². The lowest BCUT2D eigenvalue weighted by Crippen LogP contribution is -2.19. The topological polar surface area (TPSA) is 71.5 Å². The number of aryl methyl sites for hydroxylation is 1. The van der Waals surface area contributed by atoms with E-state index in [1.807, 2.05) is 4.68 Å². The van der Waals surface area contributed by atoms with Gasteiger partial charge in [-0.3, -0.25) is 4.68 Å². The van der Waals surface area contributed by atoms with E-state index < -0.39 is 0 Å². The zero-order valence-corrected chi connectivity index (χ0v) is 12.1. The molecule has 1 unspecified atom stereocenters. The Bertz CT molecular complexity index is 355. The molecule has 0 radical (unpaired) electrons. The fraction of sp³-hybridized carbons (Fsp3) is 0.769. The van der Waals surface area contributed by atoms with Crippen molar-refractivity contribution in [1.82, 2.24) is 9.78 Å². The van der Waals surface area contributed by atoms with Crippen molar-refractivity contribution in [3.8, 4) is 5.75 Å². The second-order valence-electron chi connectivity index (χ2n) is 4.32. The Morgan fingerprint density at radius 1 is 1.32 bits per heavy atom. The molecule has 1 aromatic rings. The molecule has 6 heteroatoms. The minimum Gasteiger partial charge on any atom is -0.493 e. The predicted octanol–water partition coefficient (Wildman–Crippen LogP) is 1.35. The zero-order chi connectivity index (χ0) is 14.1. The zero-order valence-electron chi connectivity index (χ0n) is 12.1. The number of hydrogen-bond donors (Lipinski definition) is 1. The summed E-state index contributed by atoms with van der Waals surface area (Å²) < 4.78 is 17.6. The van der Waals surface area contributed by atoms with Crippen LogP contribution >= 0.6 is 0 Å². The van der Waals surface area contributed by atoms with Crippen molar-refractivity contribution in [3.05, 3.63) is 11.9 Å². The standard InChI is InChI=1S/C13H25N3O3/c1-4-6-16-13(12(18-3)10-15-16)11(14)5-7-19-9-8-17-2/h10-11H,4-9,14H2,1-3H3. The molecule has 110 valence electrons. The summed E-state index contributed by atoms with van der Waals surface area (Å²) in [6.07, 6.45) is 3.46. The summed E-state index contributed by atoms with van der Waals surface area (Å²) in [5.74, 6) is 0.748. The van der Waals surface area contributed by atoms with Crippen molar-refractivity contribution < 1.29 is 14.2 Å². The number of hydrogen-bond acceptors (Lipinski definition) is 5. The first-order valence-electron chi connectivity index (χ1n) is 6.66. The molecule has 1 rings (SSSR count). The van der Waals surface area contributed by atoms with Crippen LogP contribution in [0.25, 0.3) is 0 Å². The SMILES string of the molecule is CCCn1ncc(OC)c1C(N)CCOCCOC. The number of ether oxygens (including phenoxy) is 3. The lowest BCUT2D eigenvalue weighted by molar-refractivity contribution is 0.0668. The molecular weight excluding hydrogens is 246 g/mol. The molecule has 0 spiro atoms. The Balaban J connectivity index is 2.54. The van der Waals surface area contributed by atoms with Gasteiger partial charge < -0.3 is 19.9 Å². The van der Waals surface area contributed by atoms with Crippen molar-refractivity contribution in [2.45, 2.75) is 32.4 Å². The molecule has 0 saturated carbocycles. The van der Waals surface area contributed by atoms with E-state index in [1.54, 1.807) is 20.4 Å². The van der Waals surface area contributed by atoms with Crippen LogP contribution in [0.3, 0.4) is 0 Å². The number of methoxy groups -OCH3 is 2. The normalized spacial score (nSPS) is 12.6. The first-order valence-corrected chi connectivity index (χ1v) is 6.66.